The molecule has 0 saturated carbocycles. The number of carbonyl (C=O) groups excluding carboxylic acids is 4. The number of hydrogen-bond donors (Lipinski definition) is 0. The van der Waals surface area contributed by atoms with Crippen molar-refractivity contribution < 1.29 is 29.0 Å². The largest absolute Gasteiger partial charge is 0.283 e. The second-order valence-corrected chi connectivity index (χ2v) is 11.7. The molecule has 6 aromatic rings. The Balaban J connectivity index is 1.14. The number of carbonyl (C=O) groups is 4. The minimum atomic E-state index is -0.799. The summed E-state index contributed by atoms with van der Waals surface area (Å²) in [7, 11) is 0. The predicted octanol–water partition coefficient (Wildman–Crippen LogP) is 6.90. The summed E-state index contributed by atoms with van der Waals surface area (Å²) in [5.74, 6) is -2.64. The lowest BCUT2D eigenvalue weighted by Gasteiger charge is -2.15. The van der Waals surface area contributed by atoms with Crippen molar-refractivity contribution in [2.75, 3.05) is 9.80 Å². The monoisotopic (exact) mass is 688 g/mol. The van der Waals surface area contributed by atoms with Crippen molar-refractivity contribution >= 4 is 46.4 Å². The molecule has 0 unspecified atom stereocenters. The first kappa shape index (κ1) is 31.5. The van der Waals surface area contributed by atoms with Crippen LogP contribution in [0.1, 0.15) is 41.4 Å². The van der Waals surface area contributed by atoms with E-state index in [4.69, 9.17) is 9.97 Å². The molecule has 1 aromatic heterocycles. The Kier molecular flexibility index (Phi) is 7.27. The maximum Gasteiger partial charge on any atom is 0.283 e. The molecule has 4 amide bonds. The van der Waals surface area contributed by atoms with Crippen LogP contribution in [-0.4, -0.2) is 43.4 Å². The number of nitro groups is 2. The highest BCUT2D eigenvalue weighted by atomic mass is 16.6. The van der Waals surface area contributed by atoms with Crippen molar-refractivity contribution in [1.29, 1.82) is 0 Å². The van der Waals surface area contributed by atoms with E-state index in [0.717, 1.165) is 15.4 Å². The van der Waals surface area contributed by atoms with Gasteiger partial charge < -0.3 is 0 Å². The van der Waals surface area contributed by atoms with Crippen molar-refractivity contribution in [3.8, 4) is 33.9 Å². The summed E-state index contributed by atoms with van der Waals surface area (Å²) in [5.41, 5.74) is 1.91. The molecule has 0 bridgehead atoms. The van der Waals surface area contributed by atoms with E-state index in [0.29, 0.717) is 28.3 Å². The minimum absolute atomic E-state index is 0.0495. The van der Waals surface area contributed by atoms with Crippen molar-refractivity contribution in [2.24, 2.45) is 0 Å². The third-order valence-electron chi connectivity index (χ3n) is 8.78. The molecular weight excluding hydrogens is 668 g/mol. The standard InChI is InChI=1S/C38H20N6O8/c45-35-26-8-4-10-30(43(49)50)32(26)37(47)41(35)24-16-12-22(13-17-24)29-20-28(21-6-2-1-3-7-21)39-34(40-29)23-14-18-25(19-15-23)42-36(46)27-9-5-11-31(44(51)52)33(27)38(42)48/h1-20H. The Bertz CT molecular complexity index is 2400. The second kappa shape index (κ2) is 12.0. The molecule has 5 aromatic carbocycles. The van der Waals surface area contributed by atoms with Gasteiger partial charge in [0.25, 0.3) is 35.0 Å². The first-order valence-corrected chi connectivity index (χ1v) is 15.6. The molecule has 3 heterocycles. The minimum Gasteiger partial charge on any atom is -0.268 e. The number of nitro benzene ring substituents is 2. The highest BCUT2D eigenvalue weighted by Crippen LogP contribution is 2.37. The van der Waals surface area contributed by atoms with Crippen LogP contribution < -0.4 is 9.80 Å². The lowest BCUT2D eigenvalue weighted by Crippen LogP contribution is -2.29. The molecule has 0 atom stereocenters. The molecular formula is C38H20N6O8. The van der Waals surface area contributed by atoms with Gasteiger partial charge in [0.15, 0.2) is 5.82 Å². The van der Waals surface area contributed by atoms with Crippen molar-refractivity contribution in [2.45, 2.75) is 0 Å². The highest BCUT2D eigenvalue weighted by Gasteiger charge is 2.43. The van der Waals surface area contributed by atoms with E-state index in [1.54, 1.807) is 42.5 Å². The van der Waals surface area contributed by atoms with E-state index in [1.165, 1.54) is 48.5 Å². The van der Waals surface area contributed by atoms with Crippen LogP contribution in [-0.2, 0) is 0 Å². The molecule has 0 aliphatic carbocycles. The molecule has 0 fully saturated rings. The van der Waals surface area contributed by atoms with Crippen LogP contribution >= 0.6 is 0 Å². The predicted molar refractivity (Wildman–Crippen MR) is 187 cm³/mol. The summed E-state index contributed by atoms with van der Waals surface area (Å²) in [6, 6.07) is 31.7. The molecule has 250 valence electrons. The van der Waals surface area contributed by atoms with E-state index >= 15 is 0 Å². The fraction of sp³-hybridized carbons (Fsp3) is 0. The Morgan fingerprint density at radius 1 is 0.462 bits per heavy atom. The number of benzene rings is 5. The van der Waals surface area contributed by atoms with Gasteiger partial charge in [0.05, 0.1) is 43.7 Å². The molecule has 2 aliphatic heterocycles. The first-order chi connectivity index (χ1) is 25.1. The van der Waals surface area contributed by atoms with Crippen LogP contribution in [0.25, 0.3) is 33.9 Å². The number of aromatic nitrogens is 2. The Morgan fingerprint density at radius 2 is 0.885 bits per heavy atom. The molecule has 14 heteroatoms. The third-order valence-corrected chi connectivity index (χ3v) is 8.78. The van der Waals surface area contributed by atoms with E-state index in [1.807, 2.05) is 30.3 Å². The van der Waals surface area contributed by atoms with E-state index in [-0.39, 0.29) is 33.6 Å². The van der Waals surface area contributed by atoms with Gasteiger partial charge in [-0.15, -0.1) is 0 Å². The van der Waals surface area contributed by atoms with Gasteiger partial charge >= 0.3 is 0 Å². The summed E-state index contributed by atoms with van der Waals surface area (Å²) in [5, 5.41) is 23.1. The van der Waals surface area contributed by atoms with Crippen LogP contribution in [0.4, 0.5) is 22.7 Å². The number of rotatable bonds is 7. The smallest absolute Gasteiger partial charge is 0.268 e. The average Bonchev–Trinajstić information content (AvgIpc) is 3.58. The van der Waals surface area contributed by atoms with Gasteiger partial charge in [-0.05, 0) is 54.6 Å². The van der Waals surface area contributed by atoms with Gasteiger partial charge in [0, 0.05) is 28.8 Å². The topological polar surface area (TPSA) is 187 Å². The van der Waals surface area contributed by atoms with Crippen LogP contribution in [0.5, 0.6) is 0 Å². The molecule has 0 saturated heterocycles. The summed E-state index contributed by atoms with van der Waals surface area (Å²) < 4.78 is 0. The second-order valence-electron chi connectivity index (χ2n) is 11.7. The SMILES string of the molecule is O=C1c2cccc([N+](=O)[O-])c2C(=O)N1c1ccc(-c2cc(-c3ccccc3)nc(-c3ccc(N4C(=O)c5cccc([N+](=O)[O-])c5C4=O)cc3)n2)cc1. The number of nitrogens with zero attached hydrogens (tertiary/aromatic N) is 6. The lowest BCUT2D eigenvalue weighted by atomic mass is 10.1. The molecule has 0 N–H and O–H groups in total. The lowest BCUT2D eigenvalue weighted by molar-refractivity contribution is -0.385. The van der Waals surface area contributed by atoms with Gasteiger partial charge in [-0.3, -0.25) is 39.4 Å². The van der Waals surface area contributed by atoms with Gasteiger partial charge in [0.2, 0.25) is 0 Å². The van der Waals surface area contributed by atoms with Crippen LogP contribution in [0, 0.1) is 20.2 Å². The van der Waals surface area contributed by atoms with E-state index in [9.17, 15) is 39.4 Å². The zero-order valence-corrected chi connectivity index (χ0v) is 26.5. The Morgan fingerprint density at radius 3 is 1.33 bits per heavy atom. The first-order valence-electron chi connectivity index (χ1n) is 15.6. The Labute approximate surface area is 292 Å². The number of anilines is 2. The molecule has 2 aliphatic rings. The summed E-state index contributed by atoms with van der Waals surface area (Å²) >= 11 is 0. The van der Waals surface area contributed by atoms with Crippen molar-refractivity contribution in [1.82, 2.24) is 9.97 Å². The summed E-state index contributed by atoms with van der Waals surface area (Å²) in [6.45, 7) is 0. The molecule has 52 heavy (non-hydrogen) atoms. The van der Waals surface area contributed by atoms with E-state index in [2.05, 4.69) is 0 Å². The van der Waals surface area contributed by atoms with E-state index < -0.39 is 44.9 Å². The summed E-state index contributed by atoms with van der Waals surface area (Å²) in [4.78, 5) is 85.9. The number of amides is 4. The van der Waals surface area contributed by atoms with Crippen molar-refractivity contribution in [3.63, 3.8) is 0 Å². The van der Waals surface area contributed by atoms with Gasteiger partial charge in [-0.2, -0.15) is 0 Å². The average molecular weight is 689 g/mol. The molecule has 8 rings (SSSR count). The van der Waals surface area contributed by atoms with Crippen molar-refractivity contribution in [3.05, 3.63) is 164 Å². The number of fused-ring (bicyclic) bond motifs is 2. The molecule has 0 spiro atoms. The van der Waals surface area contributed by atoms with Crippen LogP contribution in [0.2, 0.25) is 0 Å². The quantitative estimate of drug-likeness (QED) is 0.0970. The number of hydrogen-bond acceptors (Lipinski definition) is 10. The number of imide groups is 2. The fourth-order valence-electron chi connectivity index (χ4n) is 6.33. The van der Waals surface area contributed by atoms with Gasteiger partial charge in [-0.1, -0.05) is 54.6 Å². The zero-order chi connectivity index (χ0) is 36.3. The van der Waals surface area contributed by atoms with Crippen LogP contribution in [0.3, 0.4) is 0 Å². The zero-order valence-electron chi connectivity index (χ0n) is 26.5. The third kappa shape index (κ3) is 4.97. The van der Waals surface area contributed by atoms with Crippen LogP contribution in [0.15, 0.2) is 121 Å². The fourth-order valence-corrected chi connectivity index (χ4v) is 6.33. The Hall–Kier alpha value is -7.74. The summed E-state index contributed by atoms with van der Waals surface area (Å²) in [6.07, 6.45) is 0. The van der Waals surface area contributed by atoms with Gasteiger partial charge in [-0.25, -0.2) is 19.8 Å². The normalized spacial score (nSPS) is 13.4. The maximum absolute atomic E-state index is 13.2. The molecule has 14 nitrogen and oxygen atoms in total. The highest BCUT2D eigenvalue weighted by molar-refractivity contribution is 6.36. The maximum atomic E-state index is 13.2. The molecule has 0 radical (unpaired) electrons. The van der Waals surface area contributed by atoms with Gasteiger partial charge in [0.1, 0.15) is 11.1 Å².